The maximum Gasteiger partial charge on any atom is 0.461 e. The van der Waals surface area contributed by atoms with Gasteiger partial charge in [0.05, 0.1) is 0 Å². The summed E-state index contributed by atoms with van der Waals surface area (Å²) < 4.78 is 0. The van der Waals surface area contributed by atoms with Crippen molar-refractivity contribution in [3.63, 3.8) is 0 Å². The van der Waals surface area contributed by atoms with E-state index in [0.717, 1.165) is 5.75 Å². The first kappa shape index (κ1) is 14.3. The van der Waals surface area contributed by atoms with E-state index in [4.69, 9.17) is 10.0 Å². The zero-order chi connectivity index (χ0) is 10.6. The molecule has 0 saturated carbocycles. The molecule has 0 atom stereocenters. The van der Waals surface area contributed by atoms with Crippen molar-refractivity contribution >= 4 is 18.9 Å². The van der Waals surface area contributed by atoms with Crippen molar-refractivity contribution in [1.29, 1.82) is 0 Å². The minimum atomic E-state index is -1.13. The van der Waals surface area contributed by atoms with Gasteiger partial charge < -0.3 is 10.0 Å². The lowest BCUT2D eigenvalue weighted by atomic mass is 9.98. The van der Waals surface area contributed by atoms with Crippen LogP contribution in [0.1, 0.15) is 51.9 Å². The van der Waals surface area contributed by atoms with Crippen molar-refractivity contribution < 1.29 is 10.0 Å². The molecule has 0 aliphatic rings. The molecule has 0 aromatic carbocycles. The highest BCUT2D eigenvalue weighted by Gasteiger charge is 2.04. The quantitative estimate of drug-likeness (QED) is 0.437. The molecule has 0 bridgehead atoms. The van der Waals surface area contributed by atoms with E-state index in [2.05, 4.69) is 6.92 Å². The van der Waals surface area contributed by atoms with Gasteiger partial charge in [-0.1, -0.05) is 45.4 Å². The lowest BCUT2D eigenvalue weighted by Gasteiger charge is -2.01. The monoisotopic (exact) mass is 218 g/mol. The number of thioether (sulfide) groups is 1. The van der Waals surface area contributed by atoms with Crippen LogP contribution in [0.5, 0.6) is 0 Å². The first-order chi connectivity index (χ1) is 6.77. The molecule has 0 saturated heterocycles. The van der Waals surface area contributed by atoms with Gasteiger partial charge in [0.25, 0.3) is 0 Å². The minimum absolute atomic E-state index is 0.454. The van der Waals surface area contributed by atoms with Crippen LogP contribution in [0, 0.1) is 0 Å². The topological polar surface area (TPSA) is 40.5 Å². The zero-order valence-corrected chi connectivity index (χ0v) is 10.1. The normalized spacial score (nSPS) is 10.5. The summed E-state index contributed by atoms with van der Waals surface area (Å²) in [5, 5.41) is 17.2. The Morgan fingerprint density at radius 3 is 2.07 bits per heavy atom. The number of hydrogen-bond acceptors (Lipinski definition) is 3. The molecule has 0 aromatic rings. The van der Waals surface area contributed by atoms with Gasteiger partial charge in [0.1, 0.15) is 0 Å². The highest BCUT2D eigenvalue weighted by molar-refractivity contribution is 8.00. The summed E-state index contributed by atoms with van der Waals surface area (Å²) >= 11 is 1.63. The first-order valence-electron chi connectivity index (χ1n) is 5.71. The fraction of sp³-hybridized carbons (Fsp3) is 1.00. The van der Waals surface area contributed by atoms with Crippen LogP contribution in [-0.4, -0.2) is 28.6 Å². The van der Waals surface area contributed by atoms with Gasteiger partial charge in [-0.2, -0.15) is 11.8 Å². The Morgan fingerprint density at radius 2 is 1.50 bits per heavy atom. The van der Waals surface area contributed by atoms with Gasteiger partial charge in [-0.15, -0.1) is 0 Å². The standard InChI is InChI=1S/C10H23BO2S/c1-2-3-4-5-6-7-8-9-14-10-11(12)13/h12-13H,2-10H2,1H3. The van der Waals surface area contributed by atoms with Crippen molar-refractivity contribution in [1.82, 2.24) is 0 Å². The first-order valence-corrected chi connectivity index (χ1v) is 6.86. The van der Waals surface area contributed by atoms with E-state index in [9.17, 15) is 0 Å². The molecule has 0 unspecified atom stereocenters. The highest BCUT2D eigenvalue weighted by Crippen LogP contribution is 2.10. The molecular weight excluding hydrogens is 195 g/mol. The van der Waals surface area contributed by atoms with E-state index in [1.807, 2.05) is 0 Å². The minimum Gasteiger partial charge on any atom is -0.427 e. The average Bonchev–Trinajstić information content (AvgIpc) is 2.15. The zero-order valence-electron chi connectivity index (χ0n) is 9.24. The van der Waals surface area contributed by atoms with Crippen molar-refractivity contribution in [3.8, 4) is 0 Å². The molecule has 0 rings (SSSR count). The maximum absolute atomic E-state index is 8.59. The Kier molecular flexibility index (Phi) is 11.7. The average molecular weight is 218 g/mol. The van der Waals surface area contributed by atoms with Crippen molar-refractivity contribution in [2.24, 2.45) is 0 Å². The molecule has 0 aromatic heterocycles. The van der Waals surface area contributed by atoms with Gasteiger partial charge in [0, 0.05) is 5.65 Å². The van der Waals surface area contributed by atoms with Crippen LogP contribution >= 0.6 is 11.8 Å². The third kappa shape index (κ3) is 12.3. The molecule has 0 heterocycles. The second-order valence-electron chi connectivity index (χ2n) is 3.68. The maximum atomic E-state index is 8.59. The summed E-state index contributed by atoms with van der Waals surface area (Å²) in [6.45, 7) is 2.23. The predicted molar refractivity (Wildman–Crippen MR) is 65.5 cm³/mol. The van der Waals surface area contributed by atoms with Crippen LogP contribution in [0.4, 0.5) is 0 Å². The Hall–Kier alpha value is 0.335. The molecule has 2 N–H and O–H groups in total. The lowest BCUT2D eigenvalue weighted by molar-refractivity contribution is 0.415. The van der Waals surface area contributed by atoms with Gasteiger partial charge in [-0.05, 0) is 12.2 Å². The van der Waals surface area contributed by atoms with Crippen LogP contribution in [0.25, 0.3) is 0 Å². The third-order valence-electron chi connectivity index (χ3n) is 2.16. The second-order valence-corrected chi connectivity index (χ2v) is 4.83. The predicted octanol–water partition coefficient (Wildman–Crippen LogP) is 2.48. The molecule has 14 heavy (non-hydrogen) atoms. The van der Waals surface area contributed by atoms with Crippen LogP contribution < -0.4 is 0 Å². The van der Waals surface area contributed by atoms with Crippen molar-refractivity contribution in [2.75, 3.05) is 11.4 Å². The summed E-state index contributed by atoms with van der Waals surface area (Å²) in [4.78, 5) is 0. The molecule has 4 heteroatoms. The number of rotatable bonds is 10. The lowest BCUT2D eigenvalue weighted by Crippen LogP contribution is -2.14. The third-order valence-corrected chi connectivity index (χ3v) is 3.27. The van der Waals surface area contributed by atoms with E-state index in [0.29, 0.717) is 5.65 Å². The highest BCUT2D eigenvalue weighted by atomic mass is 32.2. The second kappa shape index (κ2) is 11.4. The Morgan fingerprint density at radius 1 is 0.929 bits per heavy atom. The Bertz CT molecular complexity index is 112. The molecule has 0 aliphatic heterocycles. The molecule has 2 nitrogen and oxygen atoms in total. The van der Waals surface area contributed by atoms with E-state index >= 15 is 0 Å². The number of unbranched alkanes of at least 4 members (excludes halogenated alkanes) is 6. The van der Waals surface area contributed by atoms with E-state index in [-0.39, 0.29) is 0 Å². The van der Waals surface area contributed by atoms with Crippen LogP contribution in [0.15, 0.2) is 0 Å². The van der Waals surface area contributed by atoms with Crippen LogP contribution in [0.2, 0.25) is 0 Å². The van der Waals surface area contributed by atoms with E-state index in [1.165, 1.54) is 44.9 Å². The number of hydrogen-bond donors (Lipinski definition) is 2. The fourth-order valence-electron chi connectivity index (χ4n) is 1.35. The molecule has 0 aliphatic carbocycles. The van der Waals surface area contributed by atoms with Gasteiger partial charge in [-0.3, -0.25) is 0 Å². The fourth-order valence-corrected chi connectivity index (χ4v) is 2.14. The van der Waals surface area contributed by atoms with Crippen molar-refractivity contribution in [3.05, 3.63) is 0 Å². The van der Waals surface area contributed by atoms with E-state index in [1.54, 1.807) is 11.8 Å². The summed E-state index contributed by atoms with van der Waals surface area (Å²) in [7, 11) is -1.13. The van der Waals surface area contributed by atoms with Crippen molar-refractivity contribution in [2.45, 2.75) is 51.9 Å². The smallest absolute Gasteiger partial charge is 0.427 e. The molecule has 0 fully saturated rings. The molecule has 84 valence electrons. The van der Waals surface area contributed by atoms with Gasteiger partial charge in [-0.25, -0.2) is 0 Å². The summed E-state index contributed by atoms with van der Waals surface area (Å²) in [5.74, 6) is 1.06. The van der Waals surface area contributed by atoms with Gasteiger partial charge in [0.2, 0.25) is 0 Å². The van der Waals surface area contributed by atoms with Crippen LogP contribution in [-0.2, 0) is 0 Å². The molecule has 0 amide bonds. The largest absolute Gasteiger partial charge is 0.461 e. The molecule has 0 radical (unpaired) electrons. The SMILES string of the molecule is CCCCCCCCCSCB(O)O. The Labute approximate surface area is 92.6 Å². The van der Waals surface area contributed by atoms with E-state index < -0.39 is 7.12 Å². The molecular formula is C10H23BO2S. The molecule has 0 spiro atoms. The Balaban J connectivity index is 2.85. The summed E-state index contributed by atoms with van der Waals surface area (Å²) in [6.07, 6.45) is 9.25. The van der Waals surface area contributed by atoms with Gasteiger partial charge >= 0.3 is 7.12 Å². The van der Waals surface area contributed by atoms with Gasteiger partial charge in [0.15, 0.2) is 0 Å². The van der Waals surface area contributed by atoms with Crippen LogP contribution in [0.3, 0.4) is 0 Å². The summed E-state index contributed by atoms with van der Waals surface area (Å²) in [5.41, 5.74) is 0.454. The summed E-state index contributed by atoms with van der Waals surface area (Å²) in [6, 6.07) is 0.